The van der Waals surface area contributed by atoms with Gasteiger partial charge in [-0.25, -0.2) is 9.97 Å². The molecule has 0 fully saturated rings. The first-order valence-corrected chi connectivity index (χ1v) is 6.66. The molecule has 0 spiro atoms. The number of aliphatic hydroxyl groups excluding tert-OH is 1. The fourth-order valence-electron chi connectivity index (χ4n) is 1.89. The van der Waals surface area contributed by atoms with Crippen LogP contribution in [0.5, 0.6) is 0 Å². The maximum absolute atomic E-state index is 8.88. The Labute approximate surface area is 110 Å². The van der Waals surface area contributed by atoms with Crippen LogP contribution in [0.15, 0.2) is 0 Å². The molecule has 2 heterocycles. The normalized spacial score (nSPS) is 11.6. The highest BCUT2D eigenvalue weighted by molar-refractivity contribution is 7.18. The molecule has 0 atom stereocenters. The number of aromatic nitrogens is 2. The number of fused-ring (bicyclic) bond motifs is 1. The highest BCUT2D eigenvalue weighted by Crippen LogP contribution is 2.31. The number of hydrogen-bond donors (Lipinski definition) is 2. The van der Waals surface area contributed by atoms with Gasteiger partial charge in [0.25, 0.3) is 0 Å². The van der Waals surface area contributed by atoms with Crippen LogP contribution >= 0.6 is 11.3 Å². The van der Waals surface area contributed by atoms with E-state index in [1.165, 1.54) is 10.4 Å². The smallest absolute Gasteiger partial charge is 0.146 e. The number of nitrogen functional groups attached to an aromatic ring is 1. The van der Waals surface area contributed by atoms with Crippen LogP contribution in [0.2, 0.25) is 0 Å². The van der Waals surface area contributed by atoms with E-state index < -0.39 is 0 Å². The van der Waals surface area contributed by atoms with Gasteiger partial charge in [0, 0.05) is 11.4 Å². The molecule has 98 valence electrons. The summed E-state index contributed by atoms with van der Waals surface area (Å²) in [5, 5.41) is 9.85. The summed E-state index contributed by atoms with van der Waals surface area (Å²) in [6.07, 6.45) is 0. The average molecular weight is 266 g/mol. The predicted molar refractivity (Wildman–Crippen MR) is 74.7 cm³/mol. The first-order valence-electron chi connectivity index (χ1n) is 5.84. The van der Waals surface area contributed by atoms with Gasteiger partial charge in [-0.05, 0) is 26.5 Å². The summed E-state index contributed by atoms with van der Waals surface area (Å²) >= 11 is 1.65. The fraction of sp³-hybridized carbons (Fsp3) is 0.500. The lowest BCUT2D eigenvalue weighted by Crippen LogP contribution is -2.22. The van der Waals surface area contributed by atoms with Gasteiger partial charge in [-0.1, -0.05) is 0 Å². The van der Waals surface area contributed by atoms with Gasteiger partial charge < -0.3 is 10.8 Å². The molecule has 18 heavy (non-hydrogen) atoms. The highest BCUT2D eigenvalue weighted by Gasteiger charge is 2.13. The molecule has 0 aliphatic rings. The van der Waals surface area contributed by atoms with E-state index in [1.807, 2.05) is 18.9 Å². The topological polar surface area (TPSA) is 75.3 Å². The zero-order valence-electron chi connectivity index (χ0n) is 10.9. The molecular formula is C12H18N4OS. The van der Waals surface area contributed by atoms with E-state index in [9.17, 15) is 0 Å². The number of rotatable bonds is 4. The largest absolute Gasteiger partial charge is 0.395 e. The highest BCUT2D eigenvalue weighted by atomic mass is 32.1. The predicted octanol–water partition coefficient (Wildman–Crippen LogP) is 1.31. The summed E-state index contributed by atoms with van der Waals surface area (Å²) in [6, 6.07) is 0. The molecule has 2 aromatic heterocycles. The summed E-state index contributed by atoms with van der Waals surface area (Å²) < 4.78 is 0. The van der Waals surface area contributed by atoms with E-state index >= 15 is 0 Å². The minimum absolute atomic E-state index is 0.130. The van der Waals surface area contributed by atoms with E-state index in [0.29, 0.717) is 24.7 Å². The van der Waals surface area contributed by atoms with Crippen molar-refractivity contribution in [3.63, 3.8) is 0 Å². The molecule has 6 heteroatoms. The zero-order valence-corrected chi connectivity index (χ0v) is 11.7. The van der Waals surface area contributed by atoms with E-state index in [1.54, 1.807) is 11.3 Å². The Bertz CT molecular complexity index is 567. The summed E-state index contributed by atoms with van der Waals surface area (Å²) in [4.78, 5) is 13.0. The van der Waals surface area contributed by atoms with E-state index in [2.05, 4.69) is 16.9 Å². The average Bonchev–Trinajstić information content (AvgIpc) is 2.55. The van der Waals surface area contributed by atoms with Crippen molar-refractivity contribution in [3.8, 4) is 0 Å². The molecule has 0 bridgehead atoms. The monoisotopic (exact) mass is 266 g/mol. The molecule has 2 rings (SSSR count). The second-order valence-electron chi connectivity index (χ2n) is 4.45. The van der Waals surface area contributed by atoms with Gasteiger partial charge in [0.1, 0.15) is 16.5 Å². The molecule has 0 aliphatic carbocycles. The molecule has 3 N–H and O–H groups in total. The summed E-state index contributed by atoms with van der Waals surface area (Å²) in [5.74, 6) is 1.26. The Morgan fingerprint density at radius 1 is 1.33 bits per heavy atom. The van der Waals surface area contributed by atoms with E-state index in [0.717, 1.165) is 10.2 Å². The van der Waals surface area contributed by atoms with Crippen molar-refractivity contribution in [2.45, 2.75) is 20.4 Å². The van der Waals surface area contributed by atoms with Crippen molar-refractivity contribution < 1.29 is 5.11 Å². The second kappa shape index (κ2) is 5.17. The minimum atomic E-state index is 0.130. The standard InChI is InChI=1S/C12H18N4OS/c1-7-8(2)18-12-10(7)11(13)14-9(15-12)6-16(3)4-5-17/h17H,4-6H2,1-3H3,(H2,13,14,15). The first-order chi connectivity index (χ1) is 8.52. The van der Waals surface area contributed by atoms with E-state index in [4.69, 9.17) is 10.8 Å². The second-order valence-corrected chi connectivity index (χ2v) is 5.65. The number of nitrogens with zero attached hydrogens (tertiary/aromatic N) is 3. The lowest BCUT2D eigenvalue weighted by atomic mass is 10.2. The zero-order chi connectivity index (χ0) is 13.3. The molecule has 2 aromatic rings. The number of thiophene rings is 1. The third-order valence-electron chi connectivity index (χ3n) is 3.00. The lowest BCUT2D eigenvalue weighted by Gasteiger charge is -2.13. The van der Waals surface area contributed by atoms with Crippen molar-refractivity contribution in [2.24, 2.45) is 0 Å². The molecule has 0 amide bonds. The summed E-state index contributed by atoms with van der Waals surface area (Å²) in [6.45, 7) is 5.44. The fourth-order valence-corrected chi connectivity index (χ4v) is 2.94. The van der Waals surface area contributed by atoms with Gasteiger partial charge in [0.2, 0.25) is 0 Å². The molecule has 0 saturated carbocycles. The van der Waals surface area contributed by atoms with Crippen LogP contribution in [0, 0.1) is 13.8 Å². The molecule has 5 nitrogen and oxygen atoms in total. The van der Waals surface area contributed by atoms with Gasteiger partial charge in [-0.3, -0.25) is 4.90 Å². The Balaban J connectivity index is 2.37. The van der Waals surface area contributed by atoms with Crippen molar-refractivity contribution in [2.75, 3.05) is 25.9 Å². The molecular weight excluding hydrogens is 248 g/mol. The maximum atomic E-state index is 8.88. The number of aryl methyl sites for hydroxylation is 2. The van der Waals surface area contributed by atoms with Crippen LogP contribution in [0.4, 0.5) is 5.82 Å². The van der Waals surface area contributed by atoms with Crippen LogP contribution in [0.3, 0.4) is 0 Å². The third-order valence-corrected chi connectivity index (χ3v) is 4.10. The van der Waals surface area contributed by atoms with Crippen LogP contribution in [-0.4, -0.2) is 40.2 Å². The van der Waals surface area contributed by atoms with Gasteiger partial charge in [-0.2, -0.15) is 0 Å². The van der Waals surface area contributed by atoms with Crippen molar-refractivity contribution in [1.82, 2.24) is 14.9 Å². The van der Waals surface area contributed by atoms with Gasteiger partial charge >= 0.3 is 0 Å². The number of nitrogens with two attached hydrogens (primary N) is 1. The maximum Gasteiger partial charge on any atom is 0.146 e. The van der Waals surface area contributed by atoms with Crippen molar-refractivity contribution in [1.29, 1.82) is 0 Å². The number of aliphatic hydroxyl groups is 1. The van der Waals surface area contributed by atoms with Gasteiger partial charge in [0.05, 0.1) is 18.5 Å². The lowest BCUT2D eigenvalue weighted by molar-refractivity contribution is 0.215. The SMILES string of the molecule is Cc1sc2nc(CN(C)CCO)nc(N)c2c1C. The Hall–Kier alpha value is -1.24. The Morgan fingerprint density at radius 3 is 2.72 bits per heavy atom. The Kier molecular flexibility index (Phi) is 3.79. The van der Waals surface area contributed by atoms with Crippen molar-refractivity contribution >= 4 is 27.4 Å². The van der Waals surface area contributed by atoms with Crippen LogP contribution in [0.1, 0.15) is 16.3 Å². The van der Waals surface area contributed by atoms with Crippen LogP contribution in [0.25, 0.3) is 10.2 Å². The Morgan fingerprint density at radius 2 is 2.06 bits per heavy atom. The summed E-state index contributed by atoms with van der Waals surface area (Å²) in [5.41, 5.74) is 7.18. The summed E-state index contributed by atoms with van der Waals surface area (Å²) in [7, 11) is 1.92. The molecule has 0 radical (unpaired) electrons. The first kappa shape index (κ1) is 13.2. The van der Waals surface area contributed by atoms with Gasteiger partial charge in [-0.15, -0.1) is 11.3 Å². The quantitative estimate of drug-likeness (QED) is 0.873. The number of anilines is 1. The van der Waals surface area contributed by atoms with E-state index in [-0.39, 0.29) is 6.61 Å². The third kappa shape index (κ3) is 2.45. The van der Waals surface area contributed by atoms with Gasteiger partial charge in [0.15, 0.2) is 0 Å². The number of hydrogen-bond acceptors (Lipinski definition) is 6. The number of likely N-dealkylation sites (N-methyl/N-ethyl adjacent to an activating group) is 1. The molecule has 0 aliphatic heterocycles. The van der Waals surface area contributed by atoms with Crippen LogP contribution < -0.4 is 5.73 Å². The van der Waals surface area contributed by atoms with Crippen molar-refractivity contribution in [3.05, 3.63) is 16.3 Å². The van der Waals surface area contributed by atoms with Crippen LogP contribution in [-0.2, 0) is 6.54 Å². The molecule has 0 unspecified atom stereocenters. The minimum Gasteiger partial charge on any atom is -0.395 e. The molecule has 0 saturated heterocycles. The molecule has 0 aromatic carbocycles.